The Morgan fingerprint density at radius 3 is 0.902 bits per heavy atom. The van der Waals surface area contributed by atoms with Crippen molar-refractivity contribution >= 4 is 17.5 Å². The number of nitrogen functional groups attached to an aromatic ring is 3. The van der Waals surface area contributed by atoms with Gasteiger partial charge in [-0.05, 0) is 18.2 Å². The molecule has 0 aromatic carbocycles. The minimum Gasteiger partial charge on any atom is -0.394 e. The van der Waals surface area contributed by atoms with Crippen molar-refractivity contribution in [2.75, 3.05) is 37.0 Å². The zero-order valence-electron chi connectivity index (χ0n) is 26.4. The summed E-state index contributed by atoms with van der Waals surface area (Å²) in [4.78, 5) is 45.0. The van der Waals surface area contributed by atoms with Crippen molar-refractivity contribution in [1.82, 2.24) is 28.7 Å². The molecule has 0 bridgehead atoms. The quantitative estimate of drug-likeness (QED) is 0.112. The highest BCUT2D eigenvalue weighted by Gasteiger charge is 2.45. The third kappa shape index (κ3) is 8.55. The second kappa shape index (κ2) is 16.7. The van der Waals surface area contributed by atoms with Crippen LogP contribution in [0.2, 0.25) is 0 Å². The monoisotopic (exact) mass is 729 g/mol. The highest BCUT2D eigenvalue weighted by molar-refractivity contribution is 5.25. The van der Waals surface area contributed by atoms with Crippen LogP contribution in [0.1, 0.15) is 18.7 Å². The van der Waals surface area contributed by atoms with Crippen LogP contribution in [0.3, 0.4) is 0 Å². The lowest BCUT2D eigenvalue weighted by atomic mass is 10.1. The Morgan fingerprint density at radius 1 is 0.490 bits per heavy atom. The summed E-state index contributed by atoms with van der Waals surface area (Å²) in [5, 5.41) is 84.5. The number of nitrogens with zero attached hydrogens (tertiary/aromatic N) is 6. The summed E-state index contributed by atoms with van der Waals surface area (Å²) in [6.07, 6.45) is -9.80. The van der Waals surface area contributed by atoms with E-state index in [-0.39, 0.29) is 17.5 Å². The summed E-state index contributed by atoms with van der Waals surface area (Å²) in [6, 6.07) is 4.11. The van der Waals surface area contributed by atoms with Gasteiger partial charge < -0.3 is 77.4 Å². The lowest BCUT2D eigenvalue weighted by molar-refractivity contribution is -0.0549. The minimum absolute atomic E-state index is 0.0537. The molecule has 51 heavy (non-hydrogen) atoms. The molecule has 0 unspecified atom stereocenters. The maximum atomic E-state index is 11.5. The summed E-state index contributed by atoms with van der Waals surface area (Å²) in [5.74, 6) is 0.161. The first-order chi connectivity index (χ1) is 24.1. The molecule has 3 saturated heterocycles. The van der Waals surface area contributed by atoms with Gasteiger partial charge in [0, 0.05) is 18.6 Å². The van der Waals surface area contributed by atoms with Crippen molar-refractivity contribution < 1.29 is 60.2 Å². The van der Waals surface area contributed by atoms with Gasteiger partial charge in [0.05, 0.1) is 19.8 Å². The zero-order chi connectivity index (χ0) is 37.7. The number of rotatable bonds is 6. The number of aromatic nitrogens is 6. The average molecular weight is 730 g/mol. The molecule has 12 atom stereocenters. The molecule has 3 aliphatic rings. The van der Waals surface area contributed by atoms with Crippen LogP contribution >= 0.6 is 0 Å². The number of aliphatic hydroxyl groups excluding tert-OH is 9. The molecule has 0 radical (unpaired) electrons. The van der Waals surface area contributed by atoms with Crippen molar-refractivity contribution in [2.24, 2.45) is 0 Å². The number of hydrogen-bond acceptors (Lipinski definition) is 21. The van der Waals surface area contributed by atoms with Gasteiger partial charge in [-0.1, -0.05) is 0 Å². The molecule has 24 heteroatoms. The Balaban J connectivity index is 0.000000172. The zero-order valence-corrected chi connectivity index (χ0v) is 26.4. The second-order valence-electron chi connectivity index (χ2n) is 11.3. The van der Waals surface area contributed by atoms with Crippen molar-refractivity contribution in [3.63, 3.8) is 0 Å². The maximum Gasteiger partial charge on any atom is 0.351 e. The van der Waals surface area contributed by atoms with Crippen LogP contribution in [0, 0.1) is 0 Å². The molecule has 0 spiro atoms. The first-order valence-corrected chi connectivity index (χ1v) is 15.0. The fourth-order valence-electron chi connectivity index (χ4n) is 5.19. The molecular formula is C27H39N9O15. The SMILES string of the molecule is Nc1ccn([C@@H]2O[C@H](CO)[C@@H](O)[C@H]2O)c(=O)n1.Nc1ccn([C@@H]2O[C@H](CO)[C@@H](O)[C@H]2O)c(=O)n1.Nc1ccn([C@@H]2O[C@H](CO)[C@@H](O)[C@H]2O)c(=O)n1. The Kier molecular flexibility index (Phi) is 12.9. The van der Waals surface area contributed by atoms with Crippen LogP contribution in [0.25, 0.3) is 0 Å². The van der Waals surface area contributed by atoms with Crippen LogP contribution in [-0.2, 0) is 14.2 Å². The van der Waals surface area contributed by atoms with Gasteiger partial charge in [-0.2, -0.15) is 15.0 Å². The highest BCUT2D eigenvalue weighted by Crippen LogP contribution is 2.30. The van der Waals surface area contributed by atoms with E-state index < -0.39 is 111 Å². The van der Waals surface area contributed by atoms with Crippen LogP contribution in [0.4, 0.5) is 17.5 Å². The predicted octanol–water partition coefficient (Wildman–Crippen LogP) is -7.69. The molecular weight excluding hydrogens is 690 g/mol. The molecule has 15 N–H and O–H groups in total. The summed E-state index contributed by atoms with van der Waals surface area (Å²) in [6.45, 7) is -1.36. The predicted molar refractivity (Wildman–Crippen MR) is 168 cm³/mol. The fraction of sp³-hybridized carbons (Fsp3) is 0.556. The molecule has 3 aromatic rings. The number of nitrogens with two attached hydrogens (primary N) is 3. The van der Waals surface area contributed by atoms with E-state index in [9.17, 15) is 45.0 Å². The third-order valence-corrected chi connectivity index (χ3v) is 7.93. The molecule has 0 amide bonds. The van der Waals surface area contributed by atoms with Crippen molar-refractivity contribution in [3.8, 4) is 0 Å². The van der Waals surface area contributed by atoms with Crippen molar-refractivity contribution in [1.29, 1.82) is 0 Å². The summed E-state index contributed by atoms with van der Waals surface area (Å²) in [5.41, 5.74) is 13.9. The molecule has 282 valence electrons. The molecule has 0 aliphatic carbocycles. The van der Waals surface area contributed by atoms with E-state index in [1.165, 1.54) is 36.8 Å². The van der Waals surface area contributed by atoms with Gasteiger partial charge in [0.25, 0.3) is 0 Å². The van der Waals surface area contributed by atoms with Gasteiger partial charge >= 0.3 is 17.1 Å². The van der Waals surface area contributed by atoms with Crippen molar-refractivity contribution in [2.45, 2.75) is 73.6 Å². The molecule has 3 aliphatic heterocycles. The molecule has 6 rings (SSSR count). The van der Waals surface area contributed by atoms with E-state index in [2.05, 4.69) is 15.0 Å². The number of aliphatic hydroxyl groups is 9. The Hall–Kier alpha value is -4.44. The number of ether oxygens (including phenoxy) is 3. The Bertz CT molecular complexity index is 1590. The molecule has 3 fully saturated rings. The summed E-state index contributed by atoms with van der Waals surface area (Å²) in [7, 11) is 0. The standard InChI is InChI=1S/3C9H13N3O5/c3*10-5-1-2-12(9(16)11-5)8-7(15)6(14)4(3-13)17-8/h3*1-2,4,6-8,13-15H,3H2,(H2,10,11,16)/t3*4-,6-,7-,8-/m111/s1. The van der Waals surface area contributed by atoms with E-state index in [0.717, 1.165) is 13.7 Å². The van der Waals surface area contributed by atoms with E-state index in [1.54, 1.807) is 0 Å². The van der Waals surface area contributed by atoms with Gasteiger partial charge in [0.2, 0.25) is 0 Å². The number of hydrogen-bond donors (Lipinski definition) is 12. The van der Waals surface area contributed by atoms with Gasteiger partial charge in [-0.3, -0.25) is 13.7 Å². The summed E-state index contributed by atoms with van der Waals surface area (Å²) < 4.78 is 18.6. The topological polar surface area (TPSA) is 392 Å². The molecule has 6 heterocycles. The highest BCUT2D eigenvalue weighted by atomic mass is 16.6. The van der Waals surface area contributed by atoms with Crippen molar-refractivity contribution in [3.05, 3.63) is 68.2 Å². The minimum atomic E-state index is -1.31. The van der Waals surface area contributed by atoms with Crippen LogP contribution in [-0.4, -0.2) is 149 Å². The largest absolute Gasteiger partial charge is 0.394 e. The van der Waals surface area contributed by atoms with Gasteiger partial charge in [-0.25, -0.2) is 14.4 Å². The Labute approximate surface area is 285 Å². The van der Waals surface area contributed by atoms with Crippen LogP contribution in [0.5, 0.6) is 0 Å². The Morgan fingerprint density at radius 2 is 0.725 bits per heavy atom. The summed E-state index contributed by atoms with van der Waals surface area (Å²) >= 11 is 0. The van der Waals surface area contributed by atoms with Gasteiger partial charge in [0.1, 0.15) is 72.4 Å². The molecule has 3 aromatic heterocycles. The van der Waals surface area contributed by atoms with E-state index in [0.29, 0.717) is 0 Å². The molecule has 0 saturated carbocycles. The second-order valence-corrected chi connectivity index (χ2v) is 11.3. The fourth-order valence-corrected chi connectivity index (χ4v) is 5.19. The lowest BCUT2D eigenvalue weighted by Gasteiger charge is -2.16. The van der Waals surface area contributed by atoms with E-state index >= 15 is 0 Å². The lowest BCUT2D eigenvalue weighted by Crippen LogP contribution is -2.36. The first-order valence-electron chi connectivity index (χ1n) is 15.0. The van der Waals surface area contributed by atoms with E-state index in [4.69, 9.17) is 46.7 Å². The molecule has 24 nitrogen and oxygen atoms in total. The third-order valence-electron chi connectivity index (χ3n) is 7.93. The number of anilines is 3. The van der Waals surface area contributed by atoms with Gasteiger partial charge in [-0.15, -0.1) is 0 Å². The van der Waals surface area contributed by atoms with E-state index in [1.807, 2.05) is 0 Å². The average Bonchev–Trinajstić information content (AvgIpc) is 3.66. The van der Waals surface area contributed by atoms with Crippen LogP contribution < -0.4 is 34.3 Å². The van der Waals surface area contributed by atoms with Crippen LogP contribution in [0.15, 0.2) is 51.2 Å². The normalized spacial score (nSPS) is 32.9. The smallest absolute Gasteiger partial charge is 0.351 e. The van der Waals surface area contributed by atoms with Gasteiger partial charge in [0.15, 0.2) is 18.7 Å². The maximum absolute atomic E-state index is 11.5. The first kappa shape index (κ1) is 39.3.